The number of carbonyl (C=O) groups is 3. The average molecular weight is 296 g/mol. The van der Waals surface area contributed by atoms with Crippen LogP contribution < -0.4 is 75.3 Å². The maximum atomic E-state index is 11.5. The number of hydrogen-bond donors (Lipinski definition) is 2. The topological polar surface area (TPSA) is 125 Å². The van der Waals surface area contributed by atoms with Crippen LogP contribution in [-0.2, 0) is 9.59 Å². The quantitative estimate of drug-likeness (QED) is 0.520. The van der Waals surface area contributed by atoms with E-state index in [1.54, 1.807) is 6.07 Å². The molecule has 1 atom stereocenters. The summed E-state index contributed by atoms with van der Waals surface area (Å²) in [6, 6.07) is 1.85. The normalized spacial score (nSPS) is 10.4. The van der Waals surface area contributed by atoms with Crippen molar-refractivity contribution in [1.82, 2.24) is 10.3 Å². The molecule has 0 aliphatic carbocycles. The predicted octanol–water partition coefficient (Wildman–Crippen LogP) is -7.80. The van der Waals surface area contributed by atoms with E-state index in [0.717, 1.165) is 0 Å². The van der Waals surface area contributed by atoms with Gasteiger partial charge in [0.15, 0.2) is 0 Å². The Morgan fingerprint density at radius 1 is 1.35 bits per heavy atom. The van der Waals surface area contributed by atoms with E-state index < -0.39 is 23.8 Å². The molecule has 1 unspecified atom stereocenters. The van der Waals surface area contributed by atoms with Crippen molar-refractivity contribution in [2.75, 3.05) is 0 Å². The van der Waals surface area contributed by atoms with Gasteiger partial charge in [-0.2, -0.15) is 0 Å². The number of imide groups is 1. The monoisotopic (exact) mass is 296 g/mol. The minimum Gasteiger partial charge on any atom is -0.548 e. The summed E-state index contributed by atoms with van der Waals surface area (Å²) in [5.41, 5.74) is 5.42. The molecular weight excluding hydrogens is 284 g/mol. The standard InChI is InChI=1S/C11H13N3O4.2Na/c12-8(11(17)18)3-4-9(15)14-10(16)7-2-1-5-13-6-7;;/h1-2,5-6,8H,3-4,12H2,(H,17,18)(H,14,15,16);;/q;2*+1/p-1. The Bertz CT molecular complexity index is 456. The first-order valence-corrected chi connectivity index (χ1v) is 5.21. The SMILES string of the molecule is NC(CCC(=O)NC(=O)c1cccnc1)C(=O)[O-].[Na+].[Na+]. The summed E-state index contributed by atoms with van der Waals surface area (Å²) in [6.07, 6.45) is 2.56. The van der Waals surface area contributed by atoms with E-state index in [0.29, 0.717) is 0 Å². The summed E-state index contributed by atoms with van der Waals surface area (Å²) in [6.45, 7) is 0. The zero-order chi connectivity index (χ0) is 13.5. The molecule has 2 amide bonds. The van der Waals surface area contributed by atoms with Crippen LogP contribution in [0.5, 0.6) is 0 Å². The molecule has 0 radical (unpaired) electrons. The third-order valence-corrected chi connectivity index (χ3v) is 2.16. The van der Waals surface area contributed by atoms with Gasteiger partial charge in [0.05, 0.1) is 11.5 Å². The maximum Gasteiger partial charge on any atom is 1.00 e. The molecule has 0 aliphatic rings. The number of nitrogens with zero attached hydrogens (tertiary/aromatic N) is 1. The molecule has 3 N–H and O–H groups in total. The number of aliphatic carboxylic acids is 1. The Hall–Kier alpha value is -0.280. The van der Waals surface area contributed by atoms with Crippen LogP contribution in [0.25, 0.3) is 0 Å². The second kappa shape index (κ2) is 11.4. The number of rotatable bonds is 5. The number of nitrogens with one attached hydrogen (secondary N) is 1. The molecule has 96 valence electrons. The number of carboxylic acid groups (broad SMARTS) is 1. The van der Waals surface area contributed by atoms with Crippen LogP contribution in [0.3, 0.4) is 0 Å². The summed E-state index contributed by atoms with van der Waals surface area (Å²) in [5.74, 6) is -2.61. The molecule has 9 heteroatoms. The summed E-state index contributed by atoms with van der Waals surface area (Å²) in [7, 11) is 0. The minimum atomic E-state index is -1.43. The number of carboxylic acids is 1. The summed E-state index contributed by atoms with van der Waals surface area (Å²) >= 11 is 0. The maximum absolute atomic E-state index is 11.5. The molecule has 1 rings (SSSR count). The van der Waals surface area contributed by atoms with Crippen molar-refractivity contribution in [2.45, 2.75) is 18.9 Å². The zero-order valence-corrected chi connectivity index (χ0v) is 15.5. The van der Waals surface area contributed by atoms with Gasteiger partial charge in [-0.3, -0.25) is 19.9 Å². The van der Waals surface area contributed by atoms with Crippen LogP contribution in [0.2, 0.25) is 0 Å². The van der Waals surface area contributed by atoms with Gasteiger partial charge in [0.25, 0.3) is 5.91 Å². The Kier molecular flexibility index (Phi) is 12.5. The van der Waals surface area contributed by atoms with E-state index in [9.17, 15) is 19.5 Å². The molecule has 0 spiro atoms. The number of carbonyl (C=O) groups excluding carboxylic acids is 3. The Morgan fingerprint density at radius 2 is 2.00 bits per heavy atom. The zero-order valence-electron chi connectivity index (χ0n) is 11.5. The second-order valence-corrected chi connectivity index (χ2v) is 3.58. The van der Waals surface area contributed by atoms with Gasteiger partial charge in [-0.25, -0.2) is 0 Å². The van der Waals surface area contributed by atoms with Crippen LogP contribution in [0.4, 0.5) is 0 Å². The van der Waals surface area contributed by atoms with Gasteiger partial charge in [-0.15, -0.1) is 0 Å². The fourth-order valence-corrected chi connectivity index (χ4v) is 1.16. The van der Waals surface area contributed by atoms with Crippen LogP contribution in [0, 0.1) is 0 Å². The van der Waals surface area contributed by atoms with Crippen molar-refractivity contribution in [1.29, 1.82) is 0 Å². The van der Waals surface area contributed by atoms with E-state index >= 15 is 0 Å². The van der Waals surface area contributed by atoms with Crippen LogP contribution in [-0.4, -0.2) is 28.8 Å². The van der Waals surface area contributed by atoms with Gasteiger partial charge >= 0.3 is 59.1 Å². The number of amides is 2. The smallest absolute Gasteiger partial charge is 0.548 e. The molecule has 1 aromatic heterocycles. The van der Waals surface area contributed by atoms with Gasteiger partial charge < -0.3 is 15.6 Å². The molecular formula is C11H12N3Na2O4+. The van der Waals surface area contributed by atoms with Crippen LogP contribution in [0.15, 0.2) is 24.5 Å². The van der Waals surface area contributed by atoms with Crippen molar-refractivity contribution >= 4 is 17.8 Å². The van der Waals surface area contributed by atoms with Crippen molar-refractivity contribution in [2.24, 2.45) is 5.73 Å². The number of nitrogens with two attached hydrogens (primary N) is 1. The van der Waals surface area contributed by atoms with E-state index in [1.807, 2.05) is 0 Å². The molecule has 0 bridgehead atoms. The molecule has 1 aromatic rings. The Balaban J connectivity index is 0. The van der Waals surface area contributed by atoms with E-state index in [2.05, 4.69) is 10.3 Å². The van der Waals surface area contributed by atoms with Crippen molar-refractivity contribution < 1.29 is 78.6 Å². The van der Waals surface area contributed by atoms with E-state index in [-0.39, 0.29) is 77.5 Å². The predicted molar refractivity (Wildman–Crippen MR) is 58.9 cm³/mol. The number of aromatic nitrogens is 1. The second-order valence-electron chi connectivity index (χ2n) is 3.58. The Morgan fingerprint density at radius 3 is 2.50 bits per heavy atom. The van der Waals surface area contributed by atoms with Crippen molar-refractivity contribution in [3.63, 3.8) is 0 Å². The summed E-state index contributed by atoms with van der Waals surface area (Å²) in [5, 5.41) is 12.4. The minimum absolute atomic E-state index is 0. The first-order valence-electron chi connectivity index (χ1n) is 5.21. The molecule has 7 nitrogen and oxygen atoms in total. The molecule has 1 heterocycles. The summed E-state index contributed by atoms with van der Waals surface area (Å²) in [4.78, 5) is 36.9. The van der Waals surface area contributed by atoms with E-state index in [4.69, 9.17) is 5.73 Å². The molecule has 0 aromatic carbocycles. The molecule has 20 heavy (non-hydrogen) atoms. The van der Waals surface area contributed by atoms with Crippen molar-refractivity contribution in [3.8, 4) is 0 Å². The molecule has 0 saturated heterocycles. The molecule has 0 saturated carbocycles. The first-order chi connectivity index (χ1) is 8.50. The number of hydrogen-bond acceptors (Lipinski definition) is 6. The van der Waals surface area contributed by atoms with Gasteiger partial charge in [-0.05, 0) is 18.6 Å². The van der Waals surface area contributed by atoms with E-state index in [1.165, 1.54) is 18.5 Å². The molecule has 0 fully saturated rings. The van der Waals surface area contributed by atoms with Crippen molar-refractivity contribution in [3.05, 3.63) is 30.1 Å². The van der Waals surface area contributed by atoms with Gasteiger partial charge in [0.2, 0.25) is 5.91 Å². The van der Waals surface area contributed by atoms with Crippen LogP contribution in [0.1, 0.15) is 23.2 Å². The Labute approximate surface area is 160 Å². The van der Waals surface area contributed by atoms with Gasteiger partial charge in [-0.1, -0.05) is 0 Å². The van der Waals surface area contributed by atoms with Gasteiger partial charge in [0.1, 0.15) is 0 Å². The first kappa shape index (κ1) is 22.0. The summed E-state index contributed by atoms with van der Waals surface area (Å²) < 4.78 is 0. The third-order valence-electron chi connectivity index (χ3n) is 2.16. The molecule has 0 aliphatic heterocycles. The van der Waals surface area contributed by atoms with Crippen LogP contribution >= 0.6 is 0 Å². The van der Waals surface area contributed by atoms with Gasteiger partial charge in [0, 0.05) is 24.9 Å². The third kappa shape index (κ3) is 8.11. The largest absolute Gasteiger partial charge is 1.00 e. The fourth-order valence-electron chi connectivity index (χ4n) is 1.16. The fraction of sp³-hybridized carbons (Fsp3) is 0.273. The number of pyridine rings is 1. The average Bonchev–Trinajstić information content (AvgIpc) is 2.36.